The molecule has 0 saturated carbocycles. The first-order valence-corrected chi connectivity index (χ1v) is 15.4. The minimum atomic E-state index is 0.388. The Morgan fingerprint density at radius 2 is 1.18 bits per heavy atom. The highest BCUT2D eigenvalue weighted by Gasteiger charge is 2.23. The van der Waals surface area contributed by atoms with Crippen molar-refractivity contribution in [1.29, 1.82) is 0 Å². The van der Waals surface area contributed by atoms with Gasteiger partial charge in [0.15, 0.2) is 0 Å². The minimum absolute atomic E-state index is 0.388. The summed E-state index contributed by atoms with van der Waals surface area (Å²) in [5, 5.41) is 9.82. The largest absolute Gasteiger partial charge is 0.243 e. The molecule has 0 N–H and O–H groups in total. The van der Waals surface area contributed by atoms with E-state index in [1.165, 1.54) is 54.4 Å². The fraction of sp³-hybridized carbons (Fsp3) is 0.0476. The zero-order chi connectivity index (χ0) is 28.8. The second kappa shape index (κ2) is 8.95. The summed E-state index contributed by atoms with van der Waals surface area (Å²) >= 11 is 0. The van der Waals surface area contributed by atoms with Crippen LogP contribution in [0.15, 0.2) is 145 Å². The summed E-state index contributed by atoms with van der Waals surface area (Å²) < 4.78 is 0. The molecule has 0 spiro atoms. The maximum atomic E-state index is 5.60. The van der Waals surface area contributed by atoms with Crippen LogP contribution in [0.4, 0.5) is 0 Å². The van der Waals surface area contributed by atoms with Crippen LogP contribution >= 0.6 is 0 Å². The Labute approximate surface area is 254 Å². The number of fused-ring (bicyclic) bond motifs is 6. The maximum absolute atomic E-state index is 5.60. The van der Waals surface area contributed by atoms with Gasteiger partial charge >= 0.3 is 0 Å². The van der Waals surface area contributed by atoms with Crippen molar-refractivity contribution in [3.8, 4) is 11.1 Å². The summed E-state index contributed by atoms with van der Waals surface area (Å²) in [5.74, 6) is 0.388. The molecule has 0 fully saturated rings. The van der Waals surface area contributed by atoms with Crippen LogP contribution in [0, 0.1) is 5.92 Å². The molecule has 8 aromatic rings. The van der Waals surface area contributed by atoms with E-state index in [4.69, 9.17) is 9.97 Å². The van der Waals surface area contributed by atoms with Crippen molar-refractivity contribution in [3.05, 3.63) is 151 Å². The lowest BCUT2D eigenvalue weighted by molar-refractivity contribution is 0.793. The summed E-state index contributed by atoms with van der Waals surface area (Å²) in [4.78, 5) is 11.2. The van der Waals surface area contributed by atoms with Gasteiger partial charge in [-0.1, -0.05) is 134 Å². The highest BCUT2D eigenvalue weighted by molar-refractivity contribution is 6.32. The van der Waals surface area contributed by atoms with E-state index in [1.54, 1.807) is 0 Å². The van der Waals surface area contributed by atoms with Crippen LogP contribution in [0.25, 0.3) is 81.9 Å². The molecule has 0 radical (unpaired) electrons. The maximum Gasteiger partial charge on any atom is 0.0980 e. The normalized spacial score (nSPS) is 16.4. The first-order chi connectivity index (χ1) is 21.8. The van der Waals surface area contributed by atoms with Gasteiger partial charge in [0.1, 0.15) is 0 Å². The summed E-state index contributed by atoms with van der Waals surface area (Å²) in [7, 11) is 0. The Bertz CT molecular complexity index is 2630. The van der Waals surface area contributed by atoms with Crippen LogP contribution in [0.1, 0.15) is 12.0 Å². The molecule has 1 heterocycles. The van der Waals surface area contributed by atoms with Crippen LogP contribution in [0.2, 0.25) is 0 Å². The van der Waals surface area contributed by atoms with Crippen molar-refractivity contribution in [2.24, 2.45) is 5.92 Å². The summed E-state index contributed by atoms with van der Waals surface area (Å²) in [5.41, 5.74) is 9.97. The SMILES string of the molecule is C1=CC2=CC=C(c3ccc(-c4ccc5ccccc5c4)c4nc5c6cccc7ccc8cccc(c5nc34)c8c76)CC2C=C1. The number of rotatable bonds is 2. The molecule has 0 amide bonds. The predicted molar refractivity (Wildman–Crippen MR) is 186 cm³/mol. The van der Waals surface area contributed by atoms with Crippen LogP contribution in [-0.4, -0.2) is 9.97 Å². The first-order valence-electron chi connectivity index (χ1n) is 15.4. The van der Waals surface area contributed by atoms with E-state index in [9.17, 15) is 0 Å². The molecule has 0 aliphatic heterocycles. The third-order valence-electron chi connectivity index (χ3n) is 9.71. The fourth-order valence-electron chi connectivity index (χ4n) is 7.58. The summed E-state index contributed by atoms with van der Waals surface area (Å²) in [6.07, 6.45) is 14.4. The Morgan fingerprint density at radius 3 is 1.95 bits per heavy atom. The molecule has 2 nitrogen and oxygen atoms in total. The molecule has 10 rings (SSSR count). The molecule has 2 heteroatoms. The van der Waals surface area contributed by atoms with Crippen molar-refractivity contribution in [1.82, 2.24) is 9.97 Å². The number of aromatic nitrogens is 2. The Kier molecular flexibility index (Phi) is 4.86. The van der Waals surface area contributed by atoms with Crippen LogP contribution in [0.3, 0.4) is 0 Å². The molecule has 1 aromatic heterocycles. The smallest absolute Gasteiger partial charge is 0.0980 e. The van der Waals surface area contributed by atoms with Gasteiger partial charge in [-0.05, 0) is 61.5 Å². The van der Waals surface area contributed by atoms with Crippen molar-refractivity contribution in [2.45, 2.75) is 6.42 Å². The monoisotopic (exact) mass is 558 g/mol. The average molecular weight is 559 g/mol. The van der Waals surface area contributed by atoms with E-state index in [1.807, 2.05) is 0 Å². The highest BCUT2D eigenvalue weighted by atomic mass is 14.8. The third-order valence-corrected chi connectivity index (χ3v) is 9.71. The summed E-state index contributed by atoms with van der Waals surface area (Å²) in [6.45, 7) is 0. The topological polar surface area (TPSA) is 25.8 Å². The highest BCUT2D eigenvalue weighted by Crippen LogP contribution is 2.43. The minimum Gasteiger partial charge on any atom is -0.243 e. The second-order valence-electron chi connectivity index (χ2n) is 12.1. The molecule has 2 aliphatic carbocycles. The third kappa shape index (κ3) is 3.37. The van der Waals surface area contributed by atoms with Gasteiger partial charge in [-0.2, -0.15) is 0 Å². The van der Waals surface area contributed by atoms with Gasteiger partial charge in [0, 0.05) is 27.8 Å². The second-order valence-corrected chi connectivity index (χ2v) is 12.1. The zero-order valence-corrected chi connectivity index (χ0v) is 24.0. The van der Waals surface area contributed by atoms with Crippen LogP contribution in [-0.2, 0) is 0 Å². The van der Waals surface area contributed by atoms with Gasteiger partial charge < -0.3 is 0 Å². The lowest BCUT2D eigenvalue weighted by atomic mass is 9.81. The molecular formula is C42H26N2. The Balaban J connectivity index is 1.34. The molecule has 2 aliphatic rings. The molecule has 1 unspecified atom stereocenters. The first kappa shape index (κ1) is 23.9. The van der Waals surface area contributed by atoms with Crippen molar-refractivity contribution in [3.63, 3.8) is 0 Å². The van der Waals surface area contributed by atoms with Crippen LogP contribution in [0.5, 0.6) is 0 Å². The van der Waals surface area contributed by atoms with Gasteiger partial charge in [0.25, 0.3) is 0 Å². The molecular weight excluding hydrogens is 532 g/mol. The standard InChI is InChI=1S/C42H26N2/c1-3-9-29-23-31(19-15-25(29)7-1)33-21-22-34(32-20-16-26-8-2-4-10-30(26)24-32)40-39(33)43-41-35-13-5-11-27-17-18-28-12-6-14-36(42(41)44-40)38(28)37(27)35/h1-23,30H,24H2. The number of hydrogen-bond acceptors (Lipinski definition) is 2. The van der Waals surface area contributed by atoms with Gasteiger partial charge in [0.2, 0.25) is 0 Å². The quantitative estimate of drug-likeness (QED) is 0.156. The van der Waals surface area contributed by atoms with E-state index in [0.717, 1.165) is 45.0 Å². The molecule has 1 atom stereocenters. The average Bonchev–Trinajstić information content (AvgIpc) is 3.09. The molecule has 0 saturated heterocycles. The van der Waals surface area contributed by atoms with E-state index >= 15 is 0 Å². The van der Waals surface area contributed by atoms with Gasteiger partial charge in [-0.25, -0.2) is 9.97 Å². The number of benzene rings is 7. The number of nitrogens with zero attached hydrogens (tertiary/aromatic N) is 2. The summed E-state index contributed by atoms with van der Waals surface area (Å²) in [6, 6.07) is 37.4. The van der Waals surface area contributed by atoms with Gasteiger partial charge in [0.05, 0.1) is 22.1 Å². The van der Waals surface area contributed by atoms with Crippen LogP contribution < -0.4 is 0 Å². The molecule has 7 aromatic carbocycles. The van der Waals surface area contributed by atoms with Crippen molar-refractivity contribution < 1.29 is 0 Å². The van der Waals surface area contributed by atoms with E-state index in [-0.39, 0.29) is 0 Å². The Hall–Kier alpha value is -5.60. The van der Waals surface area contributed by atoms with E-state index < -0.39 is 0 Å². The molecule has 0 bridgehead atoms. The zero-order valence-electron chi connectivity index (χ0n) is 24.0. The van der Waals surface area contributed by atoms with Gasteiger partial charge in [-0.3, -0.25) is 0 Å². The number of allylic oxidation sites excluding steroid dienone is 8. The molecule has 204 valence electrons. The number of hydrogen-bond donors (Lipinski definition) is 0. The Morgan fingerprint density at radius 1 is 0.523 bits per heavy atom. The van der Waals surface area contributed by atoms with E-state index in [0.29, 0.717) is 5.92 Å². The van der Waals surface area contributed by atoms with Crippen molar-refractivity contribution >= 4 is 70.7 Å². The lowest BCUT2D eigenvalue weighted by Crippen LogP contribution is -2.07. The van der Waals surface area contributed by atoms with E-state index in [2.05, 4.69) is 140 Å². The predicted octanol–water partition coefficient (Wildman–Crippen LogP) is 11.0. The fourth-order valence-corrected chi connectivity index (χ4v) is 7.58. The lowest BCUT2D eigenvalue weighted by Gasteiger charge is -2.23. The van der Waals surface area contributed by atoms with Gasteiger partial charge in [-0.15, -0.1) is 0 Å². The van der Waals surface area contributed by atoms with Crippen molar-refractivity contribution in [2.75, 3.05) is 0 Å². The molecule has 44 heavy (non-hydrogen) atoms.